The SMILES string of the molecule is COc1ccccc1N1CCN(S(=O)(=O)c2ccc(N/N=C(\C#N)C(=N)N)cc2)CC1. The molecule has 10 nitrogen and oxygen atoms in total. The van der Waals surface area contributed by atoms with Crippen molar-refractivity contribution in [1.29, 1.82) is 10.7 Å². The zero-order valence-electron chi connectivity index (χ0n) is 16.9. The van der Waals surface area contributed by atoms with Gasteiger partial charge >= 0.3 is 0 Å². The first-order valence-electron chi connectivity index (χ1n) is 9.43. The second-order valence-electron chi connectivity index (χ2n) is 6.69. The molecule has 3 rings (SSSR count). The van der Waals surface area contributed by atoms with Gasteiger partial charge in [-0.3, -0.25) is 10.8 Å². The highest BCUT2D eigenvalue weighted by atomic mass is 32.2. The minimum absolute atomic E-state index is 0.167. The minimum atomic E-state index is -3.64. The van der Waals surface area contributed by atoms with Crippen molar-refractivity contribution >= 4 is 32.9 Å². The second kappa shape index (κ2) is 9.46. The number of amidine groups is 1. The number of nitriles is 1. The Balaban J connectivity index is 1.67. The quantitative estimate of drug-likeness (QED) is 0.334. The van der Waals surface area contributed by atoms with Crippen molar-refractivity contribution in [2.75, 3.05) is 43.6 Å². The van der Waals surface area contributed by atoms with Crippen molar-refractivity contribution in [2.45, 2.75) is 4.90 Å². The fourth-order valence-corrected chi connectivity index (χ4v) is 4.60. The Morgan fingerprint density at radius 2 is 1.81 bits per heavy atom. The number of nitrogens with two attached hydrogens (primary N) is 1. The number of hydrogen-bond donors (Lipinski definition) is 3. The number of rotatable bonds is 7. The molecule has 0 saturated carbocycles. The number of nitrogens with zero attached hydrogens (tertiary/aromatic N) is 4. The van der Waals surface area contributed by atoms with Gasteiger partial charge in [0.05, 0.1) is 23.4 Å². The first-order valence-corrected chi connectivity index (χ1v) is 10.9. The maximum atomic E-state index is 13.0. The Kier molecular flexibility index (Phi) is 6.74. The van der Waals surface area contributed by atoms with Gasteiger partial charge in [0.1, 0.15) is 11.8 Å². The van der Waals surface area contributed by atoms with E-state index in [0.717, 1.165) is 11.4 Å². The average molecular weight is 442 g/mol. The maximum absolute atomic E-state index is 13.0. The highest BCUT2D eigenvalue weighted by Crippen LogP contribution is 2.29. The molecule has 1 heterocycles. The number of hydrazone groups is 1. The summed E-state index contributed by atoms with van der Waals surface area (Å²) in [6.07, 6.45) is 0. The van der Waals surface area contributed by atoms with E-state index in [4.69, 9.17) is 21.1 Å². The van der Waals surface area contributed by atoms with Crippen molar-refractivity contribution < 1.29 is 13.2 Å². The lowest BCUT2D eigenvalue weighted by Crippen LogP contribution is -2.48. The fraction of sp³-hybridized carbons (Fsp3) is 0.250. The molecule has 2 aromatic rings. The van der Waals surface area contributed by atoms with E-state index in [1.54, 1.807) is 13.2 Å². The summed E-state index contributed by atoms with van der Waals surface area (Å²) in [4.78, 5) is 2.28. The van der Waals surface area contributed by atoms with Crippen molar-refractivity contribution in [3.05, 3.63) is 48.5 Å². The van der Waals surface area contributed by atoms with E-state index in [9.17, 15) is 8.42 Å². The lowest BCUT2D eigenvalue weighted by molar-refractivity contribution is 0.378. The smallest absolute Gasteiger partial charge is 0.243 e. The average Bonchev–Trinajstić information content (AvgIpc) is 2.79. The van der Waals surface area contributed by atoms with Gasteiger partial charge in [-0.25, -0.2) is 8.42 Å². The van der Waals surface area contributed by atoms with Crippen LogP contribution in [-0.2, 0) is 10.0 Å². The standard InChI is InChI=1S/C20H23N7O3S/c1-30-19-5-3-2-4-18(19)26-10-12-27(13-11-26)31(28,29)16-8-6-15(7-9-16)24-25-17(14-21)20(22)23/h2-9,24H,10-13H2,1H3,(H3,22,23)/b25-17+. The molecule has 0 spiro atoms. The second-order valence-corrected chi connectivity index (χ2v) is 8.62. The monoisotopic (exact) mass is 441 g/mol. The largest absolute Gasteiger partial charge is 0.495 e. The third-order valence-corrected chi connectivity index (χ3v) is 6.73. The number of ether oxygens (including phenoxy) is 1. The molecule has 162 valence electrons. The molecule has 1 aliphatic rings. The molecule has 0 amide bonds. The molecule has 1 saturated heterocycles. The lowest BCUT2D eigenvalue weighted by Gasteiger charge is -2.35. The van der Waals surface area contributed by atoms with Crippen LogP contribution < -0.4 is 20.8 Å². The number of benzene rings is 2. The number of nitrogens with one attached hydrogen (secondary N) is 2. The highest BCUT2D eigenvalue weighted by Gasteiger charge is 2.29. The Morgan fingerprint density at radius 3 is 2.39 bits per heavy atom. The Morgan fingerprint density at radius 1 is 1.16 bits per heavy atom. The van der Waals surface area contributed by atoms with Gasteiger partial charge < -0.3 is 15.4 Å². The molecule has 1 aliphatic heterocycles. The van der Waals surface area contributed by atoms with E-state index in [1.807, 2.05) is 24.3 Å². The zero-order chi connectivity index (χ0) is 22.4. The summed E-state index contributed by atoms with van der Waals surface area (Å²) in [5.41, 5.74) is 8.97. The van der Waals surface area contributed by atoms with Crippen LogP contribution in [-0.4, -0.2) is 57.6 Å². The summed E-state index contributed by atoms with van der Waals surface area (Å²) >= 11 is 0. The van der Waals surface area contributed by atoms with Crippen LogP contribution in [0.15, 0.2) is 58.5 Å². The third-order valence-electron chi connectivity index (χ3n) is 4.81. The molecule has 4 N–H and O–H groups in total. The van der Waals surface area contributed by atoms with E-state index in [2.05, 4.69) is 15.4 Å². The zero-order valence-corrected chi connectivity index (χ0v) is 17.8. The van der Waals surface area contributed by atoms with Gasteiger partial charge in [0.2, 0.25) is 15.7 Å². The normalized spacial score (nSPS) is 15.2. The van der Waals surface area contributed by atoms with Crippen LogP contribution in [0.4, 0.5) is 11.4 Å². The summed E-state index contributed by atoms with van der Waals surface area (Å²) in [5, 5.41) is 19.8. The van der Waals surface area contributed by atoms with Gasteiger partial charge in [-0.05, 0) is 36.4 Å². The first-order chi connectivity index (χ1) is 14.9. The predicted molar refractivity (Wildman–Crippen MR) is 119 cm³/mol. The van der Waals surface area contributed by atoms with Crippen LogP contribution in [0.2, 0.25) is 0 Å². The summed E-state index contributed by atoms with van der Waals surface area (Å²) in [6, 6.07) is 15.4. The molecule has 31 heavy (non-hydrogen) atoms. The van der Waals surface area contributed by atoms with E-state index in [1.165, 1.54) is 28.6 Å². The Hall–Kier alpha value is -3.62. The summed E-state index contributed by atoms with van der Waals surface area (Å²) in [5.74, 6) is 0.301. The molecule has 11 heteroatoms. The topological polar surface area (TPSA) is 148 Å². The number of piperazine rings is 1. The molecule has 0 radical (unpaired) electrons. The maximum Gasteiger partial charge on any atom is 0.243 e. The minimum Gasteiger partial charge on any atom is -0.495 e. The van der Waals surface area contributed by atoms with Crippen LogP contribution in [0.1, 0.15) is 0 Å². The van der Waals surface area contributed by atoms with Crippen LogP contribution in [0.3, 0.4) is 0 Å². The number of anilines is 2. The van der Waals surface area contributed by atoms with Crippen molar-refractivity contribution in [3.63, 3.8) is 0 Å². The molecule has 2 aromatic carbocycles. The first kappa shape index (κ1) is 22.1. The Labute approximate surface area is 181 Å². The summed E-state index contributed by atoms with van der Waals surface area (Å²) in [6.45, 7) is 1.81. The molecule has 0 aromatic heterocycles. The third kappa shape index (κ3) is 4.93. The van der Waals surface area contributed by atoms with E-state index in [-0.39, 0.29) is 10.6 Å². The molecular weight excluding hydrogens is 418 g/mol. The van der Waals surface area contributed by atoms with Gasteiger partial charge in [-0.15, -0.1) is 0 Å². The van der Waals surface area contributed by atoms with Crippen LogP contribution in [0, 0.1) is 16.7 Å². The van der Waals surface area contributed by atoms with Gasteiger partial charge in [0, 0.05) is 26.2 Å². The van der Waals surface area contributed by atoms with Crippen molar-refractivity contribution in [2.24, 2.45) is 10.8 Å². The van der Waals surface area contributed by atoms with Crippen LogP contribution >= 0.6 is 0 Å². The van der Waals surface area contributed by atoms with Gasteiger partial charge in [-0.2, -0.15) is 14.7 Å². The van der Waals surface area contributed by atoms with E-state index >= 15 is 0 Å². The highest BCUT2D eigenvalue weighted by molar-refractivity contribution is 7.89. The van der Waals surface area contributed by atoms with E-state index in [0.29, 0.717) is 31.9 Å². The van der Waals surface area contributed by atoms with Crippen molar-refractivity contribution in [1.82, 2.24) is 4.31 Å². The number of methoxy groups -OCH3 is 1. The molecular formula is C20H23N7O3S. The van der Waals surface area contributed by atoms with Crippen LogP contribution in [0.25, 0.3) is 0 Å². The van der Waals surface area contributed by atoms with Crippen LogP contribution in [0.5, 0.6) is 5.75 Å². The number of hydrogen-bond acceptors (Lipinski definition) is 8. The van der Waals surface area contributed by atoms with E-state index < -0.39 is 15.9 Å². The molecule has 1 fully saturated rings. The molecule has 0 unspecified atom stereocenters. The Bertz CT molecular complexity index is 1120. The molecule has 0 bridgehead atoms. The fourth-order valence-electron chi connectivity index (χ4n) is 3.18. The summed E-state index contributed by atoms with van der Waals surface area (Å²) < 4.78 is 32.9. The van der Waals surface area contributed by atoms with Crippen molar-refractivity contribution in [3.8, 4) is 11.8 Å². The molecule has 0 atom stereocenters. The van der Waals surface area contributed by atoms with Gasteiger partial charge in [-0.1, -0.05) is 12.1 Å². The number of para-hydroxylation sites is 2. The van der Waals surface area contributed by atoms with Gasteiger partial charge in [0.15, 0.2) is 5.84 Å². The number of sulfonamides is 1. The lowest BCUT2D eigenvalue weighted by atomic mass is 10.2. The van der Waals surface area contributed by atoms with Gasteiger partial charge in [0.25, 0.3) is 0 Å². The predicted octanol–water partition coefficient (Wildman–Crippen LogP) is 1.43. The molecule has 0 aliphatic carbocycles. The summed E-state index contributed by atoms with van der Waals surface area (Å²) in [7, 11) is -2.03.